The SMILES string of the molecule is COc1cc(C=NNC(=O)C(C)Oc2ccc(Cl)cc2Cl)cc(OC)c1OC. The summed E-state index contributed by atoms with van der Waals surface area (Å²) in [5.74, 6) is 1.32. The highest BCUT2D eigenvalue weighted by Crippen LogP contribution is 2.37. The first-order valence-electron chi connectivity index (χ1n) is 8.14. The van der Waals surface area contributed by atoms with Gasteiger partial charge in [-0.3, -0.25) is 4.79 Å². The molecule has 0 heterocycles. The molecular formula is C19H20Cl2N2O5. The van der Waals surface area contributed by atoms with Crippen molar-refractivity contribution in [2.75, 3.05) is 21.3 Å². The van der Waals surface area contributed by atoms with E-state index >= 15 is 0 Å². The van der Waals surface area contributed by atoms with Crippen LogP contribution in [-0.4, -0.2) is 39.6 Å². The van der Waals surface area contributed by atoms with Crippen LogP contribution in [0.5, 0.6) is 23.0 Å². The van der Waals surface area contributed by atoms with Gasteiger partial charge in [-0.15, -0.1) is 0 Å². The van der Waals surface area contributed by atoms with E-state index in [0.717, 1.165) is 0 Å². The molecule has 9 heteroatoms. The highest BCUT2D eigenvalue weighted by atomic mass is 35.5. The summed E-state index contributed by atoms with van der Waals surface area (Å²) in [7, 11) is 4.55. The summed E-state index contributed by atoms with van der Waals surface area (Å²) in [4.78, 5) is 12.2. The molecule has 0 bridgehead atoms. The third-order valence-corrected chi connectivity index (χ3v) is 4.17. The Morgan fingerprint density at radius 2 is 1.68 bits per heavy atom. The number of halogens is 2. The van der Waals surface area contributed by atoms with E-state index in [-0.39, 0.29) is 0 Å². The molecule has 0 fully saturated rings. The van der Waals surface area contributed by atoms with Crippen LogP contribution in [0.3, 0.4) is 0 Å². The Bertz CT molecular complexity index is 848. The predicted octanol–water partition coefficient (Wildman–Crippen LogP) is 3.94. The third kappa shape index (κ3) is 5.43. The van der Waals surface area contributed by atoms with Crippen molar-refractivity contribution in [3.05, 3.63) is 45.9 Å². The molecule has 2 aromatic carbocycles. The second-order valence-electron chi connectivity index (χ2n) is 5.53. The molecule has 0 spiro atoms. The maximum Gasteiger partial charge on any atom is 0.280 e. The quantitative estimate of drug-likeness (QED) is 0.510. The van der Waals surface area contributed by atoms with Gasteiger partial charge in [-0.25, -0.2) is 5.43 Å². The van der Waals surface area contributed by atoms with Crippen LogP contribution < -0.4 is 24.4 Å². The van der Waals surface area contributed by atoms with E-state index in [0.29, 0.717) is 38.6 Å². The van der Waals surface area contributed by atoms with E-state index in [4.69, 9.17) is 42.1 Å². The van der Waals surface area contributed by atoms with Crippen molar-refractivity contribution in [2.24, 2.45) is 5.10 Å². The van der Waals surface area contributed by atoms with Gasteiger partial charge in [0.05, 0.1) is 32.6 Å². The number of hydrogen-bond donors (Lipinski definition) is 1. The molecular weight excluding hydrogens is 407 g/mol. The smallest absolute Gasteiger partial charge is 0.280 e. The van der Waals surface area contributed by atoms with E-state index in [2.05, 4.69) is 10.5 Å². The molecule has 0 aliphatic rings. The van der Waals surface area contributed by atoms with Crippen LogP contribution >= 0.6 is 23.2 Å². The third-order valence-electron chi connectivity index (χ3n) is 3.64. The van der Waals surface area contributed by atoms with E-state index < -0.39 is 12.0 Å². The molecule has 1 unspecified atom stereocenters. The molecule has 0 aliphatic carbocycles. The first kappa shape index (κ1) is 21.7. The lowest BCUT2D eigenvalue weighted by molar-refractivity contribution is -0.127. The fourth-order valence-electron chi connectivity index (χ4n) is 2.25. The van der Waals surface area contributed by atoms with Crippen LogP contribution in [0.4, 0.5) is 0 Å². The number of nitrogens with one attached hydrogen (secondary N) is 1. The molecule has 0 radical (unpaired) electrons. The molecule has 0 aromatic heterocycles. The van der Waals surface area contributed by atoms with Gasteiger partial charge < -0.3 is 18.9 Å². The Morgan fingerprint density at radius 1 is 1.04 bits per heavy atom. The standard InChI is InChI=1S/C19H20Cl2N2O5/c1-11(28-15-6-5-13(20)9-14(15)21)19(24)23-22-10-12-7-16(25-2)18(27-4)17(8-12)26-3/h5-11H,1-4H3,(H,23,24). The average Bonchev–Trinajstić information content (AvgIpc) is 2.68. The van der Waals surface area contributed by atoms with Crippen molar-refractivity contribution in [1.82, 2.24) is 5.43 Å². The fraction of sp³-hybridized carbons (Fsp3) is 0.263. The summed E-state index contributed by atoms with van der Waals surface area (Å²) >= 11 is 11.9. The van der Waals surface area contributed by atoms with Gasteiger partial charge in [0.25, 0.3) is 5.91 Å². The number of carbonyl (C=O) groups excluding carboxylic acids is 1. The number of carbonyl (C=O) groups is 1. The van der Waals surface area contributed by atoms with E-state index in [1.54, 1.807) is 31.2 Å². The lowest BCUT2D eigenvalue weighted by Gasteiger charge is -2.14. The topological polar surface area (TPSA) is 78.4 Å². The number of methoxy groups -OCH3 is 3. The molecule has 7 nitrogen and oxygen atoms in total. The Balaban J connectivity index is 2.04. The zero-order valence-electron chi connectivity index (χ0n) is 15.8. The van der Waals surface area contributed by atoms with Crippen LogP contribution in [0, 0.1) is 0 Å². The predicted molar refractivity (Wildman–Crippen MR) is 108 cm³/mol. The lowest BCUT2D eigenvalue weighted by Crippen LogP contribution is -2.33. The molecule has 150 valence electrons. The van der Waals surface area contributed by atoms with Crippen molar-refractivity contribution < 1.29 is 23.7 Å². The van der Waals surface area contributed by atoms with E-state index in [9.17, 15) is 4.79 Å². The number of hydrogen-bond acceptors (Lipinski definition) is 6. The summed E-state index contributed by atoms with van der Waals surface area (Å²) in [6, 6.07) is 8.14. The maximum atomic E-state index is 12.2. The highest BCUT2D eigenvalue weighted by molar-refractivity contribution is 6.35. The number of benzene rings is 2. The number of amides is 1. The summed E-state index contributed by atoms with van der Waals surface area (Å²) < 4.78 is 21.3. The second kappa shape index (κ2) is 10.1. The van der Waals surface area contributed by atoms with Gasteiger partial charge in [-0.1, -0.05) is 23.2 Å². The molecule has 2 rings (SSSR count). The Kier molecular flexibility index (Phi) is 7.78. The van der Waals surface area contributed by atoms with Crippen molar-refractivity contribution in [1.29, 1.82) is 0 Å². The number of rotatable bonds is 8. The minimum atomic E-state index is -0.823. The van der Waals surface area contributed by atoms with Crippen LogP contribution in [-0.2, 0) is 4.79 Å². The van der Waals surface area contributed by atoms with Crippen LogP contribution in [0.1, 0.15) is 12.5 Å². The normalized spacial score (nSPS) is 11.8. The molecule has 0 saturated carbocycles. The van der Waals surface area contributed by atoms with Crippen molar-refractivity contribution >= 4 is 35.3 Å². The number of hydrazone groups is 1. The largest absolute Gasteiger partial charge is 0.493 e. The van der Waals surface area contributed by atoms with Crippen molar-refractivity contribution in [3.63, 3.8) is 0 Å². The Labute approximate surface area is 173 Å². The first-order valence-corrected chi connectivity index (χ1v) is 8.89. The molecule has 1 N–H and O–H groups in total. The molecule has 28 heavy (non-hydrogen) atoms. The minimum Gasteiger partial charge on any atom is -0.493 e. The van der Waals surface area contributed by atoms with Gasteiger partial charge in [0.2, 0.25) is 5.75 Å². The summed E-state index contributed by atoms with van der Waals surface area (Å²) in [5.41, 5.74) is 3.05. The lowest BCUT2D eigenvalue weighted by atomic mass is 10.2. The molecule has 1 atom stereocenters. The summed E-state index contributed by atoms with van der Waals surface area (Å²) in [6.45, 7) is 1.58. The molecule has 2 aromatic rings. The van der Waals surface area contributed by atoms with Gasteiger partial charge in [0.1, 0.15) is 5.75 Å². The molecule has 0 aliphatic heterocycles. The van der Waals surface area contributed by atoms with Crippen LogP contribution in [0.25, 0.3) is 0 Å². The van der Waals surface area contributed by atoms with Gasteiger partial charge in [0.15, 0.2) is 17.6 Å². The molecule has 0 saturated heterocycles. The van der Waals surface area contributed by atoms with E-state index in [1.807, 2.05) is 0 Å². The highest BCUT2D eigenvalue weighted by Gasteiger charge is 2.16. The molecule has 1 amide bonds. The number of nitrogens with zero attached hydrogens (tertiary/aromatic N) is 1. The van der Waals surface area contributed by atoms with E-state index in [1.165, 1.54) is 33.6 Å². The Morgan fingerprint density at radius 3 is 2.21 bits per heavy atom. The summed E-state index contributed by atoms with van der Waals surface area (Å²) in [5, 5.41) is 4.73. The zero-order valence-corrected chi connectivity index (χ0v) is 17.3. The Hall–Kier alpha value is -2.64. The van der Waals surface area contributed by atoms with Crippen LogP contribution in [0.2, 0.25) is 10.0 Å². The fourth-order valence-corrected chi connectivity index (χ4v) is 2.71. The van der Waals surface area contributed by atoms with Gasteiger partial charge in [-0.2, -0.15) is 5.10 Å². The van der Waals surface area contributed by atoms with Crippen LogP contribution in [0.15, 0.2) is 35.4 Å². The summed E-state index contributed by atoms with van der Waals surface area (Å²) in [6.07, 6.45) is 0.625. The first-order chi connectivity index (χ1) is 13.4. The maximum absolute atomic E-state index is 12.2. The monoisotopic (exact) mass is 426 g/mol. The number of ether oxygens (including phenoxy) is 4. The van der Waals surface area contributed by atoms with Gasteiger partial charge in [0, 0.05) is 10.6 Å². The average molecular weight is 427 g/mol. The van der Waals surface area contributed by atoms with Gasteiger partial charge >= 0.3 is 0 Å². The zero-order chi connectivity index (χ0) is 20.7. The van der Waals surface area contributed by atoms with Gasteiger partial charge in [-0.05, 0) is 37.3 Å². The second-order valence-corrected chi connectivity index (χ2v) is 6.37. The van der Waals surface area contributed by atoms with Crippen molar-refractivity contribution in [3.8, 4) is 23.0 Å². The van der Waals surface area contributed by atoms with Crippen molar-refractivity contribution in [2.45, 2.75) is 13.0 Å². The minimum absolute atomic E-state index is 0.313.